The number of hydrogen-bond acceptors (Lipinski definition) is 6. The summed E-state index contributed by atoms with van der Waals surface area (Å²) in [6.07, 6.45) is 6.77. The number of hydrogen-bond donors (Lipinski definition) is 2. The summed E-state index contributed by atoms with van der Waals surface area (Å²) in [5.74, 6) is 1.20. The lowest BCUT2D eigenvalue weighted by Gasteiger charge is -2.61. The van der Waals surface area contributed by atoms with Gasteiger partial charge < -0.3 is 15.1 Å². The number of aromatic hydroxyl groups is 1. The van der Waals surface area contributed by atoms with Crippen LogP contribution >= 0.6 is 11.5 Å². The highest BCUT2D eigenvalue weighted by atomic mass is 32.1. The minimum atomic E-state index is -0.887. The fourth-order valence-corrected chi connectivity index (χ4v) is 7.64. The highest BCUT2D eigenvalue weighted by Gasteiger charge is 2.63. The van der Waals surface area contributed by atoms with E-state index in [-0.39, 0.29) is 17.7 Å². The van der Waals surface area contributed by atoms with Gasteiger partial charge in [0.1, 0.15) is 5.75 Å². The van der Waals surface area contributed by atoms with E-state index in [0.717, 1.165) is 49.5 Å². The summed E-state index contributed by atoms with van der Waals surface area (Å²) < 4.78 is 4.44. The van der Waals surface area contributed by atoms with Crippen molar-refractivity contribution in [2.45, 2.75) is 75.3 Å². The van der Waals surface area contributed by atoms with Crippen molar-refractivity contribution < 1.29 is 15.0 Å². The monoisotopic (exact) mass is 481 g/mol. The van der Waals surface area contributed by atoms with Gasteiger partial charge in [0.05, 0.1) is 11.3 Å². The third-order valence-corrected chi connectivity index (χ3v) is 9.79. The predicted molar refractivity (Wildman–Crippen MR) is 132 cm³/mol. The van der Waals surface area contributed by atoms with Crippen molar-refractivity contribution in [3.05, 3.63) is 46.0 Å². The van der Waals surface area contributed by atoms with Gasteiger partial charge in [-0.3, -0.25) is 9.69 Å². The molecule has 2 N–H and O–H groups in total. The van der Waals surface area contributed by atoms with E-state index in [4.69, 9.17) is 0 Å². The second kappa shape index (κ2) is 8.32. The van der Waals surface area contributed by atoms with Gasteiger partial charge in [-0.1, -0.05) is 6.07 Å². The Morgan fingerprint density at radius 3 is 2.74 bits per heavy atom. The summed E-state index contributed by atoms with van der Waals surface area (Å²) in [5.41, 5.74) is 2.07. The lowest BCUT2D eigenvalue weighted by Crippen LogP contribution is -2.71. The molecule has 2 aliphatic heterocycles. The molecule has 4 aliphatic rings. The van der Waals surface area contributed by atoms with E-state index in [2.05, 4.69) is 21.4 Å². The number of rotatable bonds is 5. The van der Waals surface area contributed by atoms with E-state index in [1.165, 1.54) is 34.8 Å². The topological polar surface area (TPSA) is 76.9 Å². The zero-order valence-electron chi connectivity index (χ0n) is 20.0. The van der Waals surface area contributed by atoms with E-state index in [9.17, 15) is 15.0 Å². The summed E-state index contributed by atoms with van der Waals surface area (Å²) in [5, 5.41) is 22.9. The van der Waals surface area contributed by atoms with Crippen molar-refractivity contribution >= 4 is 17.4 Å². The molecule has 0 radical (unpaired) electrons. The first-order valence-electron chi connectivity index (χ1n) is 12.9. The first kappa shape index (κ1) is 22.5. The van der Waals surface area contributed by atoms with Gasteiger partial charge in [-0.05, 0) is 105 Å². The maximum atomic E-state index is 13.2. The Morgan fingerprint density at radius 1 is 1.18 bits per heavy atom. The number of piperidine rings is 1. The number of phenolic OH excluding ortho intramolecular Hbond substituents is 1. The van der Waals surface area contributed by atoms with Crippen molar-refractivity contribution in [3.8, 4) is 5.75 Å². The molecule has 1 saturated carbocycles. The molecule has 0 unspecified atom stereocenters. The maximum Gasteiger partial charge on any atom is 0.222 e. The average Bonchev–Trinajstić information content (AvgIpc) is 3.56. The van der Waals surface area contributed by atoms with Gasteiger partial charge >= 0.3 is 0 Å². The second-order valence-corrected chi connectivity index (χ2v) is 12.1. The standard InChI is InChI=1S/C27H35N3O3S/c1-18-14-21(28-34-18)5-7-25(32)29-11-8-26-9-12-30(17-19-2-3-19)24(27(26,33)10-13-29)15-20-4-6-22(31)16-23(20)26/h4,6,14,16,19,24,31,33H,2-3,5,7-13,15,17H2,1H3/t24-,26+,27-/m1/s1. The van der Waals surface area contributed by atoms with Crippen molar-refractivity contribution in [3.63, 3.8) is 0 Å². The number of carbonyl (C=O) groups is 1. The van der Waals surface area contributed by atoms with Gasteiger partial charge in [-0.15, -0.1) is 0 Å². The van der Waals surface area contributed by atoms with Crippen LogP contribution in [0.25, 0.3) is 0 Å². The van der Waals surface area contributed by atoms with Gasteiger partial charge in [0.15, 0.2) is 0 Å². The Bertz CT molecular complexity index is 1100. The van der Waals surface area contributed by atoms with Crippen LogP contribution in [-0.2, 0) is 23.1 Å². The second-order valence-electron chi connectivity index (χ2n) is 11.1. The van der Waals surface area contributed by atoms with E-state index >= 15 is 0 Å². The fraction of sp³-hybridized carbons (Fsp3) is 0.630. The van der Waals surface area contributed by atoms with Crippen molar-refractivity contribution in [1.82, 2.24) is 14.2 Å². The molecule has 34 heavy (non-hydrogen) atoms. The highest BCUT2D eigenvalue weighted by Crippen LogP contribution is 2.56. The molecule has 2 saturated heterocycles. The molecule has 1 amide bonds. The van der Waals surface area contributed by atoms with Gasteiger partial charge in [0, 0.05) is 42.4 Å². The van der Waals surface area contributed by atoms with Crippen LogP contribution in [0, 0.1) is 12.8 Å². The predicted octanol–water partition coefficient (Wildman–Crippen LogP) is 3.42. The fourth-order valence-electron chi connectivity index (χ4n) is 7.04. The summed E-state index contributed by atoms with van der Waals surface area (Å²) in [7, 11) is 0. The van der Waals surface area contributed by atoms with Gasteiger partial charge in [-0.25, -0.2) is 0 Å². The van der Waals surface area contributed by atoms with E-state index in [0.29, 0.717) is 32.4 Å². The summed E-state index contributed by atoms with van der Waals surface area (Å²) in [6.45, 7) is 5.35. The highest BCUT2D eigenvalue weighted by molar-refractivity contribution is 7.05. The number of nitrogens with zero attached hydrogens (tertiary/aromatic N) is 3. The molecule has 3 fully saturated rings. The third-order valence-electron chi connectivity index (χ3n) is 9.05. The quantitative estimate of drug-likeness (QED) is 0.684. The molecule has 3 atom stereocenters. The van der Waals surface area contributed by atoms with Gasteiger partial charge in [0.25, 0.3) is 0 Å². The number of carbonyl (C=O) groups excluding carboxylic acids is 1. The first-order chi connectivity index (χ1) is 16.4. The molecule has 1 aromatic carbocycles. The molecule has 182 valence electrons. The molecule has 3 heterocycles. The average molecular weight is 482 g/mol. The molecule has 7 heteroatoms. The number of fused-ring (bicyclic) bond motifs is 1. The van der Waals surface area contributed by atoms with Crippen LogP contribution in [0.15, 0.2) is 24.3 Å². The maximum absolute atomic E-state index is 13.2. The number of likely N-dealkylation sites (tertiary alicyclic amines) is 2. The number of aryl methyl sites for hydroxylation is 2. The number of aliphatic hydroxyl groups is 1. The van der Waals surface area contributed by atoms with E-state index < -0.39 is 11.0 Å². The minimum absolute atomic E-state index is 0.0759. The Labute approximate surface area is 205 Å². The van der Waals surface area contributed by atoms with Gasteiger partial charge in [-0.2, -0.15) is 4.37 Å². The van der Waals surface area contributed by atoms with Crippen LogP contribution in [0.4, 0.5) is 0 Å². The molecular weight excluding hydrogens is 446 g/mol. The molecule has 6 rings (SSSR count). The van der Waals surface area contributed by atoms with Crippen molar-refractivity contribution in [1.29, 1.82) is 0 Å². The minimum Gasteiger partial charge on any atom is -0.508 e. The van der Waals surface area contributed by atoms with Crippen molar-refractivity contribution in [2.24, 2.45) is 5.92 Å². The number of phenols is 1. The molecule has 1 aromatic heterocycles. The third kappa shape index (κ3) is 3.67. The Morgan fingerprint density at radius 2 is 1.97 bits per heavy atom. The van der Waals surface area contributed by atoms with Crippen molar-refractivity contribution in [2.75, 3.05) is 26.2 Å². The van der Waals surface area contributed by atoms with Crippen LogP contribution in [0.3, 0.4) is 0 Å². The summed E-state index contributed by atoms with van der Waals surface area (Å²) >= 11 is 1.49. The Hall–Kier alpha value is -1.96. The van der Waals surface area contributed by atoms with Gasteiger partial charge in [0.2, 0.25) is 5.91 Å². The zero-order valence-corrected chi connectivity index (χ0v) is 20.8. The van der Waals surface area contributed by atoms with Crippen LogP contribution in [0.1, 0.15) is 60.2 Å². The molecule has 2 aromatic rings. The zero-order chi connectivity index (χ0) is 23.5. The number of aromatic nitrogens is 1. The van der Waals surface area contributed by atoms with Crippen LogP contribution < -0.4 is 0 Å². The summed E-state index contributed by atoms with van der Waals surface area (Å²) in [4.78, 5) is 18.9. The van der Waals surface area contributed by atoms with Crippen LogP contribution in [-0.4, -0.2) is 68.1 Å². The normalized spacial score (nSPS) is 31.0. The smallest absolute Gasteiger partial charge is 0.222 e. The Kier molecular flexibility index (Phi) is 5.50. The van der Waals surface area contributed by atoms with Crippen LogP contribution in [0.5, 0.6) is 5.75 Å². The molecular formula is C27H35N3O3S. The molecule has 2 bridgehead atoms. The number of benzene rings is 1. The lowest BCUT2D eigenvalue weighted by molar-refractivity contribution is -0.149. The Balaban J connectivity index is 1.29. The van der Waals surface area contributed by atoms with E-state index in [1.807, 2.05) is 17.9 Å². The molecule has 2 aliphatic carbocycles. The first-order valence-corrected chi connectivity index (χ1v) is 13.6. The van der Waals surface area contributed by atoms with E-state index in [1.54, 1.807) is 6.07 Å². The SMILES string of the molecule is Cc1cc(CCC(=O)N2CC[C@]34CCN(CC5CC5)[C@H](Cc5ccc(O)cc53)[C@]4(O)CC2)ns1. The largest absolute Gasteiger partial charge is 0.508 e. The molecule has 6 nitrogen and oxygen atoms in total. The van der Waals surface area contributed by atoms with Crippen LogP contribution in [0.2, 0.25) is 0 Å². The number of amides is 1. The summed E-state index contributed by atoms with van der Waals surface area (Å²) in [6, 6.07) is 7.88. The molecule has 0 spiro atoms. The lowest BCUT2D eigenvalue weighted by atomic mass is 9.52.